The molecule has 0 aliphatic heterocycles. The van der Waals surface area contributed by atoms with Gasteiger partial charge < -0.3 is 15.2 Å². The van der Waals surface area contributed by atoms with Crippen molar-refractivity contribution in [1.82, 2.24) is 15.0 Å². The summed E-state index contributed by atoms with van der Waals surface area (Å²) in [5, 5.41) is 10.8. The van der Waals surface area contributed by atoms with Crippen LogP contribution < -0.4 is 15.2 Å². The SMILES string of the molecule is COc1nc(N)nc(Oc2cc(Br)cc([N+](=O)[O-])c2)n1. The lowest BCUT2D eigenvalue weighted by molar-refractivity contribution is -0.385. The van der Waals surface area contributed by atoms with Crippen LogP contribution in [0.2, 0.25) is 0 Å². The summed E-state index contributed by atoms with van der Waals surface area (Å²) in [5.74, 6) is 0.0927. The molecular weight excluding hydrogens is 334 g/mol. The number of ether oxygens (including phenoxy) is 2. The van der Waals surface area contributed by atoms with Gasteiger partial charge in [0, 0.05) is 10.5 Å². The molecule has 104 valence electrons. The zero-order valence-electron chi connectivity index (χ0n) is 10.1. The maximum absolute atomic E-state index is 10.8. The van der Waals surface area contributed by atoms with Crippen molar-refractivity contribution in [2.24, 2.45) is 0 Å². The number of aromatic nitrogens is 3. The van der Waals surface area contributed by atoms with Crippen LogP contribution in [-0.4, -0.2) is 27.0 Å². The second-order valence-corrected chi connectivity index (χ2v) is 4.38. The first-order valence-electron chi connectivity index (χ1n) is 5.16. The van der Waals surface area contributed by atoms with Crippen molar-refractivity contribution in [2.75, 3.05) is 12.8 Å². The summed E-state index contributed by atoms with van der Waals surface area (Å²) in [4.78, 5) is 21.5. The summed E-state index contributed by atoms with van der Waals surface area (Å²) >= 11 is 3.15. The number of nitrogens with two attached hydrogens (primary N) is 1. The first-order valence-corrected chi connectivity index (χ1v) is 5.95. The van der Waals surface area contributed by atoms with Gasteiger partial charge in [-0.3, -0.25) is 10.1 Å². The van der Waals surface area contributed by atoms with Gasteiger partial charge in [0.2, 0.25) is 5.95 Å². The Kier molecular flexibility index (Phi) is 3.94. The number of halogens is 1. The van der Waals surface area contributed by atoms with Gasteiger partial charge in [-0.25, -0.2) is 0 Å². The smallest absolute Gasteiger partial charge is 0.330 e. The molecule has 0 aliphatic rings. The second kappa shape index (κ2) is 5.65. The number of non-ortho nitro benzene ring substituents is 1. The van der Waals surface area contributed by atoms with E-state index in [2.05, 4.69) is 30.9 Å². The van der Waals surface area contributed by atoms with Crippen LogP contribution in [0.3, 0.4) is 0 Å². The third kappa shape index (κ3) is 3.29. The number of nitro groups is 1. The van der Waals surface area contributed by atoms with E-state index in [0.717, 1.165) is 0 Å². The van der Waals surface area contributed by atoms with Crippen molar-refractivity contribution in [3.05, 3.63) is 32.8 Å². The Morgan fingerprint density at radius 3 is 2.60 bits per heavy atom. The van der Waals surface area contributed by atoms with E-state index in [4.69, 9.17) is 15.2 Å². The Labute approximate surface area is 121 Å². The molecule has 1 heterocycles. The fraction of sp³-hybridized carbons (Fsp3) is 0.100. The van der Waals surface area contributed by atoms with Crippen molar-refractivity contribution < 1.29 is 14.4 Å². The molecule has 0 aliphatic carbocycles. The summed E-state index contributed by atoms with van der Waals surface area (Å²) in [6, 6.07) is 3.96. The molecule has 0 atom stereocenters. The molecule has 0 spiro atoms. The predicted octanol–water partition coefficient (Wildman–Crippen LogP) is 1.93. The van der Waals surface area contributed by atoms with Crippen LogP contribution in [-0.2, 0) is 0 Å². The minimum atomic E-state index is -0.542. The molecule has 2 N–H and O–H groups in total. The van der Waals surface area contributed by atoms with Crippen molar-refractivity contribution in [3.63, 3.8) is 0 Å². The lowest BCUT2D eigenvalue weighted by atomic mass is 10.3. The van der Waals surface area contributed by atoms with Gasteiger partial charge in [-0.05, 0) is 6.07 Å². The fourth-order valence-corrected chi connectivity index (χ4v) is 1.77. The van der Waals surface area contributed by atoms with Crippen LogP contribution in [0.15, 0.2) is 22.7 Å². The van der Waals surface area contributed by atoms with Gasteiger partial charge in [0.05, 0.1) is 18.1 Å². The second-order valence-electron chi connectivity index (χ2n) is 3.47. The molecule has 0 fully saturated rings. The molecular formula is C10H8BrN5O4. The van der Waals surface area contributed by atoms with Gasteiger partial charge in [-0.2, -0.15) is 9.97 Å². The zero-order chi connectivity index (χ0) is 14.7. The highest BCUT2D eigenvalue weighted by Gasteiger charge is 2.12. The molecule has 9 nitrogen and oxygen atoms in total. The molecule has 0 amide bonds. The highest BCUT2D eigenvalue weighted by atomic mass is 79.9. The normalized spacial score (nSPS) is 10.1. The summed E-state index contributed by atoms with van der Waals surface area (Å²) < 4.78 is 10.6. The number of anilines is 1. The average molecular weight is 342 g/mol. The lowest BCUT2D eigenvalue weighted by Gasteiger charge is -2.06. The predicted molar refractivity (Wildman–Crippen MR) is 71.7 cm³/mol. The van der Waals surface area contributed by atoms with Gasteiger partial charge in [0.15, 0.2) is 0 Å². The Bertz CT molecular complexity index is 666. The topological polar surface area (TPSA) is 126 Å². The number of nitrogen functional groups attached to an aromatic ring is 1. The van der Waals surface area contributed by atoms with E-state index < -0.39 is 4.92 Å². The van der Waals surface area contributed by atoms with Crippen LogP contribution in [0.4, 0.5) is 11.6 Å². The third-order valence-corrected chi connectivity index (χ3v) is 2.53. The minimum absolute atomic E-state index is 0.0167. The van der Waals surface area contributed by atoms with Gasteiger partial charge >= 0.3 is 12.0 Å². The van der Waals surface area contributed by atoms with E-state index in [0.29, 0.717) is 4.47 Å². The third-order valence-electron chi connectivity index (χ3n) is 2.07. The fourth-order valence-electron chi connectivity index (χ4n) is 1.31. The van der Waals surface area contributed by atoms with Crippen LogP contribution in [0.1, 0.15) is 0 Å². The van der Waals surface area contributed by atoms with Gasteiger partial charge in [0.1, 0.15) is 5.75 Å². The van der Waals surface area contributed by atoms with Crippen molar-refractivity contribution in [3.8, 4) is 17.8 Å². The molecule has 0 radical (unpaired) electrons. The number of rotatable bonds is 4. The molecule has 2 rings (SSSR count). The van der Waals surface area contributed by atoms with Crippen molar-refractivity contribution in [1.29, 1.82) is 0 Å². The highest BCUT2D eigenvalue weighted by molar-refractivity contribution is 9.10. The van der Waals surface area contributed by atoms with E-state index >= 15 is 0 Å². The Morgan fingerprint density at radius 1 is 1.25 bits per heavy atom. The van der Waals surface area contributed by atoms with E-state index in [1.165, 1.54) is 25.3 Å². The van der Waals surface area contributed by atoms with Crippen molar-refractivity contribution >= 4 is 27.6 Å². The first-order chi connectivity index (χ1) is 9.47. The van der Waals surface area contributed by atoms with Crippen molar-refractivity contribution in [2.45, 2.75) is 0 Å². The number of nitro benzene ring substituents is 1. The Morgan fingerprint density at radius 2 is 1.95 bits per heavy atom. The molecule has 2 aromatic rings. The van der Waals surface area contributed by atoms with Crippen LogP contribution in [0, 0.1) is 10.1 Å². The molecule has 10 heteroatoms. The molecule has 0 unspecified atom stereocenters. The monoisotopic (exact) mass is 341 g/mol. The Hall–Kier alpha value is -2.49. The highest BCUT2D eigenvalue weighted by Crippen LogP contribution is 2.28. The molecule has 0 saturated heterocycles. The summed E-state index contributed by atoms with van der Waals surface area (Å²) in [5.41, 5.74) is 5.32. The van der Waals surface area contributed by atoms with Gasteiger partial charge in [-0.1, -0.05) is 15.9 Å². The molecule has 1 aromatic carbocycles. The Balaban J connectivity index is 2.34. The number of benzene rings is 1. The standard InChI is InChI=1S/C10H8BrN5O4/c1-19-9-13-8(12)14-10(15-9)20-7-3-5(11)2-6(4-7)16(17)18/h2-4H,1H3,(H2,12,13,14,15). The summed E-state index contributed by atoms with van der Waals surface area (Å²) in [7, 11) is 1.36. The van der Waals surface area contributed by atoms with E-state index in [1.54, 1.807) is 0 Å². The van der Waals surface area contributed by atoms with E-state index in [1.807, 2.05) is 0 Å². The van der Waals surface area contributed by atoms with E-state index in [9.17, 15) is 10.1 Å². The quantitative estimate of drug-likeness (QED) is 0.660. The van der Waals surface area contributed by atoms with Gasteiger partial charge in [-0.15, -0.1) is 4.98 Å². The van der Waals surface area contributed by atoms with E-state index in [-0.39, 0.29) is 29.4 Å². The number of nitrogens with zero attached hydrogens (tertiary/aromatic N) is 4. The summed E-state index contributed by atoms with van der Waals surface area (Å²) in [6.45, 7) is 0. The van der Waals surface area contributed by atoms with Crippen LogP contribution in [0.25, 0.3) is 0 Å². The zero-order valence-corrected chi connectivity index (χ0v) is 11.7. The van der Waals surface area contributed by atoms with Crippen LogP contribution >= 0.6 is 15.9 Å². The first kappa shape index (κ1) is 13.9. The molecule has 1 aromatic heterocycles. The lowest BCUT2D eigenvalue weighted by Crippen LogP contribution is -2.03. The number of methoxy groups -OCH3 is 1. The largest absolute Gasteiger partial charge is 0.467 e. The molecule has 0 bridgehead atoms. The number of hydrogen-bond acceptors (Lipinski definition) is 8. The van der Waals surface area contributed by atoms with Gasteiger partial charge in [0.25, 0.3) is 5.69 Å². The minimum Gasteiger partial charge on any atom is -0.467 e. The average Bonchev–Trinajstić information content (AvgIpc) is 2.37. The maximum Gasteiger partial charge on any atom is 0.330 e. The molecule has 0 saturated carbocycles. The maximum atomic E-state index is 10.8. The van der Waals surface area contributed by atoms with Crippen LogP contribution in [0.5, 0.6) is 17.8 Å². The number of hydrogen-bond donors (Lipinski definition) is 1. The molecule has 20 heavy (non-hydrogen) atoms. The summed E-state index contributed by atoms with van der Waals surface area (Å²) in [6.07, 6.45) is 0.